The lowest BCUT2D eigenvalue weighted by Gasteiger charge is -2.45. The number of ether oxygens (including phenoxy) is 1. The van der Waals surface area contributed by atoms with E-state index < -0.39 is 13.9 Å². The van der Waals surface area contributed by atoms with E-state index in [1.165, 1.54) is 0 Å². The molecule has 20 heavy (non-hydrogen) atoms. The van der Waals surface area contributed by atoms with Crippen LogP contribution in [0.2, 0.25) is 18.1 Å². The highest BCUT2D eigenvalue weighted by molar-refractivity contribution is 6.74. The topological polar surface area (TPSA) is 38.8 Å². The molecular formula is C16H30O3Si. The third-order valence-electron chi connectivity index (χ3n) is 5.92. The number of aldehydes is 1. The van der Waals surface area contributed by atoms with E-state index in [9.17, 15) is 4.79 Å². The summed E-state index contributed by atoms with van der Waals surface area (Å²) in [5, 5.41) is 0.210. The molecule has 0 amide bonds. The molecule has 3 atom stereocenters. The average molecular weight is 298 g/mol. The predicted octanol–water partition coefficient (Wildman–Crippen LogP) is 3.92. The fourth-order valence-electron chi connectivity index (χ4n) is 3.59. The van der Waals surface area contributed by atoms with Crippen molar-refractivity contribution in [2.45, 2.75) is 89.8 Å². The van der Waals surface area contributed by atoms with Gasteiger partial charge in [-0.1, -0.05) is 34.6 Å². The van der Waals surface area contributed by atoms with Crippen molar-refractivity contribution in [3.05, 3.63) is 0 Å². The van der Waals surface area contributed by atoms with E-state index in [1.807, 2.05) is 0 Å². The van der Waals surface area contributed by atoms with Crippen LogP contribution in [-0.2, 0) is 14.0 Å². The van der Waals surface area contributed by atoms with Crippen LogP contribution < -0.4 is 0 Å². The van der Waals surface area contributed by atoms with Crippen molar-refractivity contribution < 1.29 is 14.0 Å². The SMILES string of the molecule is CC1(C)C[C@@H](O[Si](C)(C)C(C)(C)C)C[C@@]2(C)O[C@@]12C=O. The van der Waals surface area contributed by atoms with E-state index in [2.05, 4.69) is 54.6 Å². The molecule has 0 aromatic rings. The smallest absolute Gasteiger partial charge is 0.192 e. The lowest BCUT2D eigenvalue weighted by atomic mass is 9.64. The van der Waals surface area contributed by atoms with E-state index in [0.29, 0.717) is 0 Å². The van der Waals surface area contributed by atoms with Crippen LogP contribution in [0.4, 0.5) is 0 Å². The van der Waals surface area contributed by atoms with Crippen LogP contribution in [0.25, 0.3) is 0 Å². The largest absolute Gasteiger partial charge is 0.414 e. The molecule has 116 valence electrons. The van der Waals surface area contributed by atoms with E-state index in [-0.39, 0.29) is 22.2 Å². The van der Waals surface area contributed by atoms with Gasteiger partial charge in [0, 0.05) is 17.9 Å². The van der Waals surface area contributed by atoms with Crippen molar-refractivity contribution in [3.63, 3.8) is 0 Å². The lowest BCUT2D eigenvalue weighted by Crippen LogP contribution is -2.52. The molecule has 0 spiro atoms. The second kappa shape index (κ2) is 4.17. The fourth-order valence-corrected chi connectivity index (χ4v) is 4.94. The highest BCUT2D eigenvalue weighted by Gasteiger charge is 2.76. The van der Waals surface area contributed by atoms with Gasteiger partial charge in [0.15, 0.2) is 20.2 Å². The van der Waals surface area contributed by atoms with Crippen LogP contribution in [0.5, 0.6) is 0 Å². The monoisotopic (exact) mass is 298 g/mol. The first-order chi connectivity index (χ1) is 8.80. The summed E-state index contributed by atoms with van der Waals surface area (Å²) in [6, 6.07) is 0. The highest BCUT2D eigenvalue weighted by atomic mass is 28.4. The number of hydrogen-bond donors (Lipinski definition) is 0. The zero-order valence-electron chi connectivity index (χ0n) is 14.3. The molecule has 0 aromatic heterocycles. The normalized spacial score (nSPS) is 40.1. The van der Waals surface area contributed by atoms with Crippen molar-refractivity contribution in [2.24, 2.45) is 5.41 Å². The summed E-state index contributed by atoms with van der Waals surface area (Å²) in [6.07, 6.45) is 2.96. The van der Waals surface area contributed by atoms with Crippen LogP contribution >= 0.6 is 0 Å². The van der Waals surface area contributed by atoms with E-state index in [4.69, 9.17) is 9.16 Å². The predicted molar refractivity (Wildman–Crippen MR) is 83.4 cm³/mol. The molecule has 1 aliphatic carbocycles. The Morgan fingerprint density at radius 1 is 1.20 bits per heavy atom. The lowest BCUT2D eigenvalue weighted by molar-refractivity contribution is -0.117. The Hall–Kier alpha value is -0.193. The van der Waals surface area contributed by atoms with Gasteiger partial charge in [-0.05, 0) is 31.5 Å². The molecule has 1 saturated carbocycles. The molecule has 1 heterocycles. The van der Waals surface area contributed by atoms with Crippen LogP contribution in [0, 0.1) is 5.41 Å². The zero-order valence-corrected chi connectivity index (χ0v) is 15.3. The third kappa shape index (κ3) is 2.11. The summed E-state index contributed by atoms with van der Waals surface area (Å²) in [5.41, 5.74) is -1.08. The van der Waals surface area contributed by atoms with Gasteiger partial charge in [-0.3, -0.25) is 4.79 Å². The Kier molecular flexibility index (Phi) is 3.38. The van der Waals surface area contributed by atoms with Gasteiger partial charge in [0.1, 0.15) is 5.60 Å². The summed E-state index contributed by atoms with van der Waals surface area (Å²) < 4.78 is 12.5. The number of epoxide rings is 1. The second-order valence-corrected chi connectivity index (χ2v) is 13.7. The van der Waals surface area contributed by atoms with Crippen molar-refractivity contribution >= 4 is 14.6 Å². The van der Waals surface area contributed by atoms with Crippen LogP contribution in [-0.4, -0.2) is 31.9 Å². The van der Waals surface area contributed by atoms with E-state index in [0.717, 1.165) is 19.1 Å². The summed E-state index contributed by atoms with van der Waals surface area (Å²) in [7, 11) is -1.78. The fraction of sp³-hybridized carbons (Fsp3) is 0.938. The van der Waals surface area contributed by atoms with E-state index in [1.54, 1.807) is 0 Å². The van der Waals surface area contributed by atoms with Crippen LogP contribution in [0.1, 0.15) is 54.4 Å². The molecular weight excluding hydrogens is 268 g/mol. The van der Waals surface area contributed by atoms with Gasteiger partial charge < -0.3 is 9.16 Å². The Balaban J connectivity index is 2.17. The maximum atomic E-state index is 11.5. The number of carbonyl (C=O) groups is 1. The molecule has 0 bridgehead atoms. The molecule has 4 heteroatoms. The zero-order chi connectivity index (χ0) is 15.6. The maximum absolute atomic E-state index is 11.5. The first-order valence-corrected chi connectivity index (χ1v) is 10.6. The van der Waals surface area contributed by atoms with Gasteiger partial charge in [0.25, 0.3) is 0 Å². The molecule has 0 radical (unpaired) electrons. The van der Waals surface area contributed by atoms with Crippen molar-refractivity contribution in [3.8, 4) is 0 Å². The molecule has 0 aromatic carbocycles. The molecule has 3 nitrogen and oxygen atoms in total. The maximum Gasteiger partial charge on any atom is 0.192 e. The number of fused-ring (bicyclic) bond motifs is 1. The van der Waals surface area contributed by atoms with Crippen molar-refractivity contribution in [2.75, 3.05) is 0 Å². The van der Waals surface area contributed by atoms with Crippen molar-refractivity contribution in [1.29, 1.82) is 0 Å². The van der Waals surface area contributed by atoms with Gasteiger partial charge in [-0.15, -0.1) is 0 Å². The van der Waals surface area contributed by atoms with E-state index >= 15 is 0 Å². The number of hydrogen-bond acceptors (Lipinski definition) is 3. The molecule has 2 rings (SSSR count). The standard InChI is InChI=1S/C16H30O3Si/c1-13(2,3)20(7,8)18-12-9-14(4,5)16(11-17)15(6,10-12)19-16/h11-12H,9-10H2,1-8H3/t12-,15-,16+/m1/s1. The summed E-state index contributed by atoms with van der Waals surface area (Å²) in [6.45, 7) is 17.7. The summed E-state index contributed by atoms with van der Waals surface area (Å²) >= 11 is 0. The average Bonchev–Trinajstić information content (AvgIpc) is 2.82. The first kappa shape index (κ1) is 16.2. The molecule has 1 aliphatic heterocycles. The highest BCUT2D eigenvalue weighted by Crippen LogP contribution is 2.64. The Bertz CT molecular complexity index is 424. The Morgan fingerprint density at radius 2 is 1.75 bits per heavy atom. The van der Waals surface area contributed by atoms with Crippen LogP contribution in [0.15, 0.2) is 0 Å². The van der Waals surface area contributed by atoms with Gasteiger partial charge in [-0.25, -0.2) is 0 Å². The number of carbonyl (C=O) groups excluding carboxylic acids is 1. The van der Waals surface area contributed by atoms with Crippen molar-refractivity contribution in [1.82, 2.24) is 0 Å². The second-order valence-electron chi connectivity index (χ2n) is 8.98. The summed E-state index contributed by atoms with van der Waals surface area (Å²) in [4.78, 5) is 11.5. The molecule has 1 saturated heterocycles. The third-order valence-corrected chi connectivity index (χ3v) is 10.5. The minimum absolute atomic E-state index is 0.158. The molecule has 2 aliphatic rings. The Morgan fingerprint density at radius 3 is 2.15 bits per heavy atom. The van der Waals surface area contributed by atoms with Gasteiger partial charge in [-0.2, -0.15) is 0 Å². The molecule has 2 fully saturated rings. The minimum atomic E-state index is -1.78. The van der Waals surface area contributed by atoms with Crippen LogP contribution in [0.3, 0.4) is 0 Å². The van der Waals surface area contributed by atoms with Gasteiger partial charge in [0.05, 0.1) is 0 Å². The quantitative estimate of drug-likeness (QED) is 0.450. The van der Waals surface area contributed by atoms with Gasteiger partial charge >= 0.3 is 0 Å². The van der Waals surface area contributed by atoms with Gasteiger partial charge in [0.2, 0.25) is 0 Å². The number of rotatable bonds is 3. The Labute approximate surface area is 124 Å². The first-order valence-electron chi connectivity index (χ1n) is 7.65. The molecule has 0 N–H and O–H groups in total. The minimum Gasteiger partial charge on any atom is -0.414 e. The molecule has 0 unspecified atom stereocenters. The summed E-state index contributed by atoms with van der Waals surface area (Å²) in [5.74, 6) is 0.